The largest absolute Gasteiger partial charge is 0.480 e. The molecular weight excluding hydrogens is 330 g/mol. The van der Waals surface area contributed by atoms with Crippen molar-refractivity contribution in [3.8, 4) is 0 Å². The molecule has 0 fully saturated rings. The molecule has 0 saturated heterocycles. The molecule has 0 aromatic carbocycles. The Morgan fingerprint density at radius 2 is 1.83 bits per heavy atom. The molecule has 1 unspecified atom stereocenters. The number of aliphatic carboxylic acids is 2. The predicted molar refractivity (Wildman–Crippen MR) is 81.6 cm³/mol. The van der Waals surface area contributed by atoms with Crippen LogP contribution in [-0.4, -0.2) is 68.9 Å². The molecule has 0 aromatic rings. The third-order valence-corrected chi connectivity index (χ3v) is 3.58. The fraction of sp³-hybridized carbons (Fsp3) is 0.667. The summed E-state index contributed by atoms with van der Waals surface area (Å²) in [5, 5.41) is 30.9. The second-order valence-electron chi connectivity index (χ2n) is 4.65. The van der Waals surface area contributed by atoms with Crippen LogP contribution < -0.4 is 16.4 Å². The van der Waals surface area contributed by atoms with Gasteiger partial charge >= 0.3 is 11.9 Å². The van der Waals surface area contributed by atoms with E-state index in [4.69, 9.17) is 15.9 Å². The number of nitrogens with two attached hydrogens (primary N) is 1. The van der Waals surface area contributed by atoms with Gasteiger partial charge in [0.2, 0.25) is 11.8 Å². The van der Waals surface area contributed by atoms with Gasteiger partial charge in [0.15, 0.2) is 0 Å². The van der Waals surface area contributed by atoms with Gasteiger partial charge in [-0.05, 0) is 13.3 Å². The zero-order chi connectivity index (χ0) is 18.0. The van der Waals surface area contributed by atoms with Gasteiger partial charge in [-0.1, -0.05) is 0 Å². The second kappa shape index (κ2) is 10.8. The highest BCUT2D eigenvalue weighted by molar-refractivity contribution is 7.99. The number of carboxylic acid groups (broad SMARTS) is 2. The number of aliphatic hydroxyl groups excluding tert-OH is 1. The number of hydrogen-bond acceptors (Lipinski definition) is 7. The van der Waals surface area contributed by atoms with Crippen molar-refractivity contribution < 1.29 is 34.5 Å². The van der Waals surface area contributed by atoms with Gasteiger partial charge in [0.1, 0.15) is 18.6 Å². The molecule has 0 saturated carbocycles. The first-order valence-electron chi connectivity index (χ1n) is 6.70. The molecule has 0 aliphatic heterocycles. The highest BCUT2D eigenvalue weighted by Gasteiger charge is 2.23. The van der Waals surface area contributed by atoms with E-state index in [0.29, 0.717) is 0 Å². The van der Waals surface area contributed by atoms with E-state index >= 15 is 0 Å². The Labute approximate surface area is 136 Å². The van der Waals surface area contributed by atoms with E-state index in [1.165, 1.54) is 6.92 Å². The maximum Gasteiger partial charge on any atom is 0.322 e. The minimum absolute atomic E-state index is 0.0276. The Morgan fingerprint density at radius 1 is 1.22 bits per heavy atom. The molecule has 0 bridgehead atoms. The third-order valence-electron chi connectivity index (χ3n) is 2.57. The number of hydrogen-bond donors (Lipinski definition) is 6. The average molecular weight is 351 g/mol. The van der Waals surface area contributed by atoms with Crippen LogP contribution in [0.1, 0.15) is 19.8 Å². The highest BCUT2D eigenvalue weighted by atomic mass is 32.2. The van der Waals surface area contributed by atoms with Crippen LogP contribution in [0.4, 0.5) is 0 Å². The lowest BCUT2D eigenvalue weighted by atomic mass is 10.1. The number of aliphatic hydroxyl groups is 1. The Morgan fingerprint density at radius 3 is 2.30 bits per heavy atom. The van der Waals surface area contributed by atoms with Crippen LogP contribution in [0.2, 0.25) is 0 Å². The topological polar surface area (TPSA) is 179 Å². The van der Waals surface area contributed by atoms with Crippen molar-refractivity contribution in [2.45, 2.75) is 37.3 Å². The first-order chi connectivity index (χ1) is 10.6. The van der Waals surface area contributed by atoms with Gasteiger partial charge in [-0.15, -0.1) is 11.8 Å². The van der Waals surface area contributed by atoms with Crippen LogP contribution in [0.25, 0.3) is 0 Å². The summed E-state index contributed by atoms with van der Waals surface area (Å²) >= 11 is 0.987. The first kappa shape index (κ1) is 21.1. The Bertz CT molecular complexity index is 444. The minimum Gasteiger partial charge on any atom is -0.480 e. The lowest BCUT2D eigenvalue weighted by Gasteiger charge is -2.18. The van der Waals surface area contributed by atoms with Crippen LogP contribution in [0.3, 0.4) is 0 Å². The van der Waals surface area contributed by atoms with Crippen LogP contribution in [0.15, 0.2) is 0 Å². The van der Waals surface area contributed by atoms with Crippen molar-refractivity contribution in [1.82, 2.24) is 10.6 Å². The van der Waals surface area contributed by atoms with E-state index in [-0.39, 0.29) is 18.6 Å². The number of rotatable bonds is 11. The molecule has 23 heavy (non-hydrogen) atoms. The van der Waals surface area contributed by atoms with Crippen molar-refractivity contribution in [1.29, 1.82) is 0 Å². The average Bonchev–Trinajstić information content (AvgIpc) is 2.45. The first-order valence-corrected chi connectivity index (χ1v) is 7.75. The maximum atomic E-state index is 11.8. The molecule has 0 aliphatic rings. The summed E-state index contributed by atoms with van der Waals surface area (Å²) in [6.07, 6.45) is -0.302. The highest BCUT2D eigenvalue weighted by Crippen LogP contribution is 2.09. The van der Waals surface area contributed by atoms with Gasteiger partial charge in [-0.3, -0.25) is 19.2 Å². The molecular formula is C12H21N3O7S. The fourth-order valence-electron chi connectivity index (χ4n) is 1.38. The van der Waals surface area contributed by atoms with Crippen molar-refractivity contribution in [3.05, 3.63) is 0 Å². The van der Waals surface area contributed by atoms with E-state index in [0.717, 1.165) is 11.8 Å². The van der Waals surface area contributed by atoms with Gasteiger partial charge in [0.25, 0.3) is 0 Å². The van der Waals surface area contributed by atoms with E-state index in [2.05, 4.69) is 10.6 Å². The SMILES string of the molecule is CC(O)SC[C@H](NC(=O)CC[C@H](N)C(=O)O)C(=O)NCC(=O)O. The molecule has 0 aromatic heterocycles. The predicted octanol–water partition coefficient (Wildman–Crippen LogP) is -2.06. The maximum absolute atomic E-state index is 11.8. The molecule has 2 amide bonds. The number of carbonyl (C=O) groups is 4. The number of carbonyl (C=O) groups excluding carboxylic acids is 2. The van der Waals surface area contributed by atoms with Crippen molar-refractivity contribution in [3.63, 3.8) is 0 Å². The van der Waals surface area contributed by atoms with E-state index < -0.39 is 47.8 Å². The lowest BCUT2D eigenvalue weighted by Crippen LogP contribution is -2.49. The zero-order valence-electron chi connectivity index (χ0n) is 12.5. The normalized spacial score (nSPS) is 14.4. The summed E-state index contributed by atoms with van der Waals surface area (Å²) in [6, 6.07) is -2.24. The molecule has 0 heterocycles. The standard InChI is InChI=1S/C12H21N3O7S/c1-6(16)23-5-8(11(20)14-4-10(18)19)15-9(17)3-2-7(13)12(21)22/h6-8,16H,2-5,13H2,1H3,(H,14,20)(H,15,17)(H,18,19)(H,21,22)/t6?,7-,8-/m0/s1. The Hall–Kier alpha value is -1.85. The summed E-state index contributed by atoms with van der Waals surface area (Å²) in [6.45, 7) is 0.874. The van der Waals surface area contributed by atoms with Gasteiger partial charge in [0.05, 0.1) is 5.44 Å². The molecule has 3 atom stereocenters. The molecule has 132 valence electrons. The van der Waals surface area contributed by atoms with E-state index in [1.807, 2.05) is 0 Å². The molecule has 0 spiro atoms. The van der Waals surface area contributed by atoms with Crippen LogP contribution in [-0.2, 0) is 19.2 Å². The lowest BCUT2D eigenvalue weighted by molar-refractivity contribution is -0.139. The van der Waals surface area contributed by atoms with Crippen LogP contribution in [0, 0.1) is 0 Å². The molecule has 0 aliphatic carbocycles. The molecule has 0 rings (SSSR count). The Kier molecular flexibility index (Phi) is 9.94. The molecule has 7 N–H and O–H groups in total. The number of amides is 2. The summed E-state index contributed by atoms with van der Waals surface area (Å²) in [4.78, 5) is 44.6. The van der Waals surface area contributed by atoms with Gasteiger partial charge in [-0.2, -0.15) is 0 Å². The molecule has 0 radical (unpaired) electrons. The van der Waals surface area contributed by atoms with E-state index in [1.54, 1.807) is 0 Å². The monoisotopic (exact) mass is 351 g/mol. The fourth-order valence-corrected chi connectivity index (χ4v) is 2.09. The molecule has 11 heteroatoms. The van der Waals surface area contributed by atoms with Gasteiger partial charge in [-0.25, -0.2) is 0 Å². The summed E-state index contributed by atoms with van der Waals surface area (Å²) in [5.74, 6) is -3.75. The van der Waals surface area contributed by atoms with Gasteiger partial charge < -0.3 is 31.7 Å². The number of carboxylic acids is 2. The third kappa shape index (κ3) is 10.5. The summed E-state index contributed by atoms with van der Waals surface area (Å²) in [7, 11) is 0. The van der Waals surface area contributed by atoms with Gasteiger partial charge in [0, 0.05) is 12.2 Å². The number of nitrogens with one attached hydrogen (secondary N) is 2. The molecule has 10 nitrogen and oxygen atoms in total. The van der Waals surface area contributed by atoms with Crippen molar-refractivity contribution in [2.75, 3.05) is 12.3 Å². The van der Waals surface area contributed by atoms with Crippen LogP contribution >= 0.6 is 11.8 Å². The smallest absolute Gasteiger partial charge is 0.322 e. The van der Waals surface area contributed by atoms with Crippen molar-refractivity contribution >= 4 is 35.5 Å². The quantitative estimate of drug-likeness (QED) is 0.228. The summed E-state index contributed by atoms with van der Waals surface area (Å²) < 4.78 is 0. The van der Waals surface area contributed by atoms with Crippen molar-refractivity contribution in [2.24, 2.45) is 5.73 Å². The Balaban J connectivity index is 4.54. The van der Waals surface area contributed by atoms with E-state index in [9.17, 15) is 24.3 Å². The van der Waals surface area contributed by atoms with Crippen LogP contribution in [0.5, 0.6) is 0 Å². The second-order valence-corrected chi connectivity index (χ2v) is 6.00. The zero-order valence-corrected chi connectivity index (χ0v) is 13.3. The summed E-state index contributed by atoms with van der Waals surface area (Å²) in [5.41, 5.74) is 4.50. The number of thioether (sulfide) groups is 1. The minimum atomic E-state index is -1.24.